The van der Waals surface area contributed by atoms with Gasteiger partial charge in [0, 0.05) is 13.0 Å². The summed E-state index contributed by atoms with van der Waals surface area (Å²) in [7, 11) is 1.67. The monoisotopic (exact) mass is 277 g/mol. The maximum absolute atomic E-state index is 13.4. The second-order valence-electron chi connectivity index (χ2n) is 2.99. The summed E-state index contributed by atoms with van der Waals surface area (Å²) in [5, 5.41) is 2.74. The summed E-state index contributed by atoms with van der Waals surface area (Å²) in [5.41, 5.74) is -0.473. The van der Waals surface area contributed by atoms with Crippen LogP contribution in [0.5, 0.6) is 0 Å². The summed E-state index contributed by atoms with van der Waals surface area (Å²) in [6, 6.07) is 2.30. The minimum absolute atomic E-state index is 0.0702. The van der Waals surface area contributed by atoms with E-state index in [0.717, 1.165) is 6.07 Å². The van der Waals surface area contributed by atoms with Crippen LogP contribution in [-0.4, -0.2) is 19.4 Å². The lowest BCUT2D eigenvalue weighted by Gasteiger charge is -2.05. The highest BCUT2D eigenvalue weighted by atomic mass is 79.9. The average Bonchev–Trinajstić information content (AvgIpc) is 2.21. The molecule has 0 aliphatic rings. The molecule has 1 rings (SSSR count). The summed E-state index contributed by atoms with van der Waals surface area (Å²) >= 11 is 2.91. The zero-order chi connectivity index (χ0) is 11.4. The Morgan fingerprint density at radius 2 is 2.13 bits per heavy atom. The maximum Gasteiger partial charge on any atom is 0.170 e. The molecule has 0 amide bonds. The molecule has 0 fully saturated rings. The summed E-state index contributed by atoms with van der Waals surface area (Å²) in [6.07, 6.45) is 0.0702. The minimum atomic E-state index is -0.837. The fourth-order valence-electron chi connectivity index (χ4n) is 1.15. The first-order chi connectivity index (χ1) is 7.07. The molecule has 0 atom stereocenters. The largest absolute Gasteiger partial charge is 0.319 e. The number of carbonyl (C=O) groups is 1. The standard InChI is InChI=1S/C10H10BrF2NO/c1-14-5-4-8(15)9-7(12)3-2-6(11)10(9)13/h2-3,14H,4-5H2,1H3. The van der Waals surface area contributed by atoms with Gasteiger partial charge >= 0.3 is 0 Å². The van der Waals surface area contributed by atoms with Gasteiger partial charge in [0.05, 0.1) is 10.0 Å². The van der Waals surface area contributed by atoms with E-state index in [2.05, 4.69) is 21.2 Å². The second kappa shape index (κ2) is 5.32. The summed E-state index contributed by atoms with van der Waals surface area (Å²) in [4.78, 5) is 11.5. The number of Topliss-reactive ketones (excluding diaryl/α,β-unsaturated/α-hetero) is 1. The van der Waals surface area contributed by atoms with Crippen LogP contribution in [0.15, 0.2) is 16.6 Å². The molecular formula is C10H10BrF2NO. The van der Waals surface area contributed by atoms with E-state index in [1.54, 1.807) is 7.05 Å². The van der Waals surface area contributed by atoms with Gasteiger partial charge in [0.2, 0.25) is 0 Å². The first-order valence-corrected chi connectivity index (χ1v) is 5.18. The Morgan fingerprint density at radius 3 is 2.73 bits per heavy atom. The van der Waals surface area contributed by atoms with Crippen molar-refractivity contribution in [3.63, 3.8) is 0 Å². The van der Waals surface area contributed by atoms with Gasteiger partial charge in [-0.15, -0.1) is 0 Å². The number of ketones is 1. The molecule has 5 heteroatoms. The van der Waals surface area contributed by atoms with E-state index in [-0.39, 0.29) is 10.9 Å². The molecule has 0 aliphatic carbocycles. The van der Waals surface area contributed by atoms with Crippen molar-refractivity contribution >= 4 is 21.7 Å². The van der Waals surface area contributed by atoms with Crippen molar-refractivity contribution in [3.8, 4) is 0 Å². The van der Waals surface area contributed by atoms with Gasteiger partial charge in [-0.3, -0.25) is 4.79 Å². The van der Waals surface area contributed by atoms with Crippen molar-refractivity contribution in [3.05, 3.63) is 33.8 Å². The van der Waals surface area contributed by atoms with Crippen LogP contribution in [0.3, 0.4) is 0 Å². The molecule has 0 unspecified atom stereocenters. The summed E-state index contributed by atoms with van der Waals surface area (Å²) < 4.78 is 26.7. The fourth-order valence-corrected chi connectivity index (χ4v) is 1.48. The average molecular weight is 278 g/mol. The van der Waals surface area contributed by atoms with Crippen LogP contribution in [0.1, 0.15) is 16.8 Å². The minimum Gasteiger partial charge on any atom is -0.319 e. The molecular weight excluding hydrogens is 268 g/mol. The molecule has 0 bridgehead atoms. The molecule has 0 radical (unpaired) electrons. The Morgan fingerprint density at radius 1 is 1.47 bits per heavy atom. The third kappa shape index (κ3) is 2.82. The van der Waals surface area contributed by atoms with Gasteiger partial charge in [0.25, 0.3) is 0 Å². The Bertz CT molecular complexity index is 382. The zero-order valence-electron chi connectivity index (χ0n) is 8.11. The molecule has 0 saturated heterocycles. The molecule has 1 N–H and O–H groups in total. The molecule has 0 spiro atoms. The number of carbonyl (C=O) groups excluding carboxylic acids is 1. The van der Waals surface area contributed by atoms with Crippen molar-refractivity contribution in [1.29, 1.82) is 0 Å². The van der Waals surface area contributed by atoms with E-state index in [9.17, 15) is 13.6 Å². The third-order valence-corrected chi connectivity index (χ3v) is 2.54. The van der Waals surface area contributed by atoms with Gasteiger partial charge in [-0.1, -0.05) is 0 Å². The number of hydrogen-bond acceptors (Lipinski definition) is 2. The number of nitrogens with one attached hydrogen (secondary N) is 1. The van der Waals surface area contributed by atoms with Crippen molar-refractivity contribution in [2.24, 2.45) is 0 Å². The first kappa shape index (κ1) is 12.3. The molecule has 15 heavy (non-hydrogen) atoms. The van der Waals surface area contributed by atoms with Gasteiger partial charge in [-0.25, -0.2) is 8.78 Å². The highest BCUT2D eigenvalue weighted by Gasteiger charge is 2.18. The molecule has 0 aliphatic heterocycles. The Labute approximate surface area is 94.8 Å². The predicted molar refractivity (Wildman–Crippen MR) is 56.9 cm³/mol. The van der Waals surface area contributed by atoms with Gasteiger partial charge in [0.15, 0.2) is 11.6 Å². The van der Waals surface area contributed by atoms with Crippen LogP contribution < -0.4 is 5.32 Å². The van der Waals surface area contributed by atoms with Crippen LogP contribution in [0.4, 0.5) is 8.78 Å². The Balaban J connectivity index is 3.02. The van der Waals surface area contributed by atoms with Gasteiger partial charge in [0.1, 0.15) is 5.82 Å². The second-order valence-corrected chi connectivity index (χ2v) is 3.85. The molecule has 0 saturated carbocycles. The lowest BCUT2D eigenvalue weighted by atomic mass is 10.1. The van der Waals surface area contributed by atoms with Crippen molar-refractivity contribution in [2.45, 2.75) is 6.42 Å². The predicted octanol–water partition coefficient (Wildman–Crippen LogP) is 2.52. The van der Waals surface area contributed by atoms with E-state index in [0.29, 0.717) is 6.54 Å². The van der Waals surface area contributed by atoms with Crippen LogP contribution in [0.2, 0.25) is 0 Å². The zero-order valence-corrected chi connectivity index (χ0v) is 9.70. The van der Waals surface area contributed by atoms with Crippen molar-refractivity contribution in [2.75, 3.05) is 13.6 Å². The van der Waals surface area contributed by atoms with Crippen LogP contribution >= 0.6 is 15.9 Å². The number of rotatable bonds is 4. The fraction of sp³-hybridized carbons (Fsp3) is 0.300. The van der Waals surface area contributed by atoms with E-state index < -0.39 is 23.0 Å². The van der Waals surface area contributed by atoms with Crippen LogP contribution in [0.25, 0.3) is 0 Å². The lowest BCUT2D eigenvalue weighted by Crippen LogP contribution is -2.15. The van der Waals surface area contributed by atoms with Crippen molar-refractivity contribution < 1.29 is 13.6 Å². The molecule has 82 valence electrons. The highest BCUT2D eigenvalue weighted by molar-refractivity contribution is 9.10. The van der Waals surface area contributed by atoms with Gasteiger partial charge < -0.3 is 5.32 Å². The smallest absolute Gasteiger partial charge is 0.170 e. The Hall–Kier alpha value is -0.810. The van der Waals surface area contributed by atoms with Crippen molar-refractivity contribution in [1.82, 2.24) is 5.32 Å². The molecule has 1 aromatic carbocycles. The van der Waals surface area contributed by atoms with E-state index in [1.807, 2.05) is 0 Å². The van der Waals surface area contributed by atoms with Gasteiger partial charge in [-0.05, 0) is 35.1 Å². The topological polar surface area (TPSA) is 29.1 Å². The lowest BCUT2D eigenvalue weighted by molar-refractivity contribution is 0.0975. The number of benzene rings is 1. The van der Waals surface area contributed by atoms with Crippen LogP contribution in [-0.2, 0) is 0 Å². The molecule has 0 aromatic heterocycles. The molecule has 2 nitrogen and oxygen atoms in total. The quantitative estimate of drug-likeness (QED) is 0.677. The molecule has 1 aromatic rings. The molecule has 0 heterocycles. The summed E-state index contributed by atoms with van der Waals surface area (Å²) in [5.74, 6) is -2.20. The van der Waals surface area contributed by atoms with E-state index in [4.69, 9.17) is 0 Å². The normalized spacial score (nSPS) is 10.4. The van der Waals surface area contributed by atoms with E-state index >= 15 is 0 Å². The number of halogens is 3. The highest BCUT2D eigenvalue weighted by Crippen LogP contribution is 2.22. The van der Waals surface area contributed by atoms with E-state index in [1.165, 1.54) is 6.07 Å². The first-order valence-electron chi connectivity index (χ1n) is 4.39. The SMILES string of the molecule is CNCCC(=O)c1c(F)ccc(Br)c1F. The Kier molecular flexibility index (Phi) is 4.35. The maximum atomic E-state index is 13.4. The number of hydrogen-bond donors (Lipinski definition) is 1. The summed E-state index contributed by atoms with van der Waals surface area (Å²) in [6.45, 7) is 0.393. The van der Waals surface area contributed by atoms with Gasteiger partial charge in [-0.2, -0.15) is 0 Å². The van der Waals surface area contributed by atoms with Crippen LogP contribution in [0, 0.1) is 11.6 Å². The third-order valence-electron chi connectivity index (χ3n) is 1.92.